The summed E-state index contributed by atoms with van der Waals surface area (Å²) in [6.45, 7) is 2.20. The molecule has 3 aliphatic rings. The van der Waals surface area contributed by atoms with Crippen LogP contribution in [0.25, 0.3) is 0 Å². The molecule has 136 valence electrons. The molecule has 4 rings (SSSR count). The van der Waals surface area contributed by atoms with Gasteiger partial charge in [0.25, 0.3) is 0 Å². The Labute approximate surface area is 146 Å². The Morgan fingerprint density at radius 3 is 2.80 bits per heavy atom. The first-order chi connectivity index (χ1) is 11.8. The maximum absolute atomic E-state index is 13.5. The molecule has 2 saturated heterocycles. The summed E-state index contributed by atoms with van der Waals surface area (Å²) in [5, 5.41) is -0.264. The molecule has 25 heavy (non-hydrogen) atoms. The van der Waals surface area contributed by atoms with Crippen LogP contribution in [-0.4, -0.2) is 40.0 Å². The van der Waals surface area contributed by atoms with Gasteiger partial charge in [0.2, 0.25) is 6.29 Å². The highest BCUT2D eigenvalue weighted by Gasteiger charge is 2.45. The highest BCUT2D eigenvalue weighted by molar-refractivity contribution is 7.99. The maximum Gasteiger partial charge on any atom is 0.433 e. The van der Waals surface area contributed by atoms with Crippen LogP contribution in [0.15, 0.2) is 5.16 Å². The van der Waals surface area contributed by atoms with Gasteiger partial charge in [-0.05, 0) is 25.2 Å². The van der Waals surface area contributed by atoms with Crippen LogP contribution in [0.3, 0.4) is 0 Å². The molecule has 0 N–H and O–H groups in total. The number of ketones is 1. The van der Waals surface area contributed by atoms with Gasteiger partial charge in [0, 0.05) is 22.9 Å². The van der Waals surface area contributed by atoms with Gasteiger partial charge >= 0.3 is 6.18 Å². The first-order valence-corrected chi connectivity index (χ1v) is 9.12. The van der Waals surface area contributed by atoms with E-state index in [9.17, 15) is 18.0 Å². The second kappa shape index (κ2) is 6.21. The van der Waals surface area contributed by atoms with Crippen molar-refractivity contribution in [1.82, 2.24) is 9.97 Å². The largest absolute Gasteiger partial charge is 0.433 e. The molecule has 1 unspecified atom stereocenters. The van der Waals surface area contributed by atoms with Gasteiger partial charge in [-0.15, -0.1) is 0 Å². The number of hydrogen-bond donors (Lipinski definition) is 0. The van der Waals surface area contributed by atoms with Crippen molar-refractivity contribution >= 4 is 17.5 Å². The summed E-state index contributed by atoms with van der Waals surface area (Å²) in [6.07, 6.45) is -3.78. The average Bonchev–Trinajstić information content (AvgIpc) is 2.97. The van der Waals surface area contributed by atoms with E-state index in [2.05, 4.69) is 9.97 Å². The minimum atomic E-state index is -4.51. The van der Waals surface area contributed by atoms with E-state index in [-0.39, 0.29) is 46.8 Å². The van der Waals surface area contributed by atoms with Gasteiger partial charge in [0.05, 0.1) is 12.7 Å². The van der Waals surface area contributed by atoms with E-state index in [0.29, 0.717) is 18.5 Å². The number of aromatic nitrogens is 2. The topological polar surface area (TPSA) is 61.3 Å². The standard InChI is InChI=1S/C16H17F3N2O3S/c1-7-2-3-9-8(4-7)13(16(17,18)19)21-15(20-9)25-12-5-10(22)14-23-6-11(12)24-14/h7,11-12,14H,2-6H2,1H3/t7?,11-,12+,14-/m1/s1. The summed E-state index contributed by atoms with van der Waals surface area (Å²) >= 11 is 1.08. The van der Waals surface area contributed by atoms with Crippen LogP contribution in [0, 0.1) is 5.92 Å². The van der Waals surface area contributed by atoms with Crippen LogP contribution in [0.4, 0.5) is 13.2 Å². The number of carbonyl (C=O) groups excluding carboxylic acids is 1. The number of ether oxygens (including phenoxy) is 2. The molecule has 0 amide bonds. The quantitative estimate of drug-likeness (QED) is 0.742. The van der Waals surface area contributed by atoms with E-state index < -0.39 is 18.2 Å². The van der Waals surface area contributed by atoms with Crippen molar-refractivity contribution in [2.75, 3.05) is 6.61 Å². The molecule has 1 aliphatic carbocycles. The molecular weight excluding hydrogens is 357 g/mol. The molecule has 2 bridgehead atoms. The number of thioether (sulfide) groups is 1. The first-order valence-electron chi connectivity index (χ1n) is 8.24. The number of nitrogens with zero attached hydrogens (tertiary/aromatic N) is 2. The van der Waals surface area contributed by atoms with Crippen LogP contribution >= 0.6 is 11.8 Å². The Bertz CT molecular complexity index is 713. The molecule has 3 heterocycles. The lowest BCUT2D eigenvalue weighted by Crippen LogP contribution is -2.37. The number of rotatable bonds is 2. The normalized spacial score (nSPS) is 31.9. The number of halogens is 3. The molecule has 9 heteroatoms. The number of aryl methyl sites for hydroxylation is 1. The number of alkyl halides is 3. The summed E-state index contributed by atoms with van der Waals surface area (Å²) in [4.78, 5) is 20.0. The summed E-state index contributed by atoms with van der Waals surface area (Å²) < 4.78 is 51.1. The summed E-state index contributed by atoms with van der Waals surface area (Å²) in [5.41, 5.74) is -0.141. The van der Waals surface area contributed by atoms with Gasteiger partial charge in [-0.1, -0.05) is 18.7 Å². The molecule has 0 spiro atoms. The van der Waals surface area contributed by atoms with Gasteiger partial charge in [0.15, 0.2) is 16.6 Å². The van der Waals surface area contributed by atoms with Crippen molar-refractivity contribution in [1.29, 1.82) is 0 Å². The zero-order chi connectivity index (χ0) is 17.8. The molecule has 0 aromatic carbocycles. The third kappa shape index (κ3) is 3.29. The number of carbonyl (C=O) groups is 1. The molecule has 4 atom stereocenters. The highest BCUT2D eigenvalue weighted by atomic mass is 32.2. The average molecular weight is 374 g/mol. The minimum absolute atomic E-state index is 0.0624. The second-order valence-corrected chi connectivity index (χ2v) is 8.00. The molecule has 0 saturated carbocycles. The minimum Gasteiger partial charge on any atom is -0.343 e. The van der Waals surface area contributed by atoms with E-state index >= 15 is 0 Å². The van der Waals surface area contributed by atoms with Crippen LogP contribution < -0.4 is 0 Å². The SMILES string of the molecule is CC1CCc2nc(S[C@H]3CC(=O)[C@@H]4OC[C@H]3O4)nc(C(F)(F)F)c2C1. The molecule has 2 aliphatic heterocycles. The summed E-state index contributed by atoms with van der Waals surface area (Å²) in [5.74, 6) is 0.00159. The van der Waals surface area contributed by atoms with Crippen molar-refractivity contribution in [2.45, 2.75) is 61.6 Å². The van der Waals surface area contributed by atoms with E-state index in [1.807, 2.05) is 6.92 Å². The van der Waals surface area contributed by atoms with Crippen LogP contribution in [0.5, 0.6) is 0 Å². The monoisotopic (exact) mass is 374 g/mol. The molecule has 1 aromatic heterocycles. The van der Waals surface area contributed by atoms with Gasteiger partial charge in [-0.2, -0.15) is 13.2 Å². The third-order valence-electron chi connectivity index (χ3n) is 4.81. The zero-order valence-electron chi connectivity index (χ0n) is 13.5. The Balaban J connectivity index is 1.65. The molecule has 0 radical (unpaired) electrons. The lowest BCUT2D eigenvalue weighted by Gasteiger charge is -2.27. The second-order valence-electron chi connectivity index (χ2n) is 6.79. The number of hydrogen-bond acceptors (Lipinski definition) is 6. The van der Waals surface area contributed by atoms with Gasteiger partial charge < -0.3 is 9.47 Å². The third-order valence-corrected chi connectivity index (χ3v) is 5.98. The fraction of sp³-hybridized carbons (Fsp3) is 0.688. The van der Waals surface area contributed by atoms with Crippen molar-refractivity contribution in [3.8, 4) is 0 Å². The smallest absolute Gasteiger partial charge is 0.343 e. The molecule has 5 nitrogen and oxygen atoms in total. The Hall–Kier alpha value is -1.19. The van der Waals surface area contributed by atoms with Gasteiger partial charge in [0.1, 0.15) is 0 Å². The van der Waals surface area contributed by atoms with Crippen molar-refractivity contribution in [3.05, 3.63) is 17.0 Å². The van der Waals surface area contributed by atoms with Crippen LogP contribution in [0.1, 0.15) is 36.7 Å². The Morgan fingerprint density at radius 1 is 1.24 bits per heavy atom. The maximum atomic E-state index is 13.5. The van der Waals surface area contributed by atoms with Gasteiger partial charge in [-0.25, -0.2) is 9.97 Å². The fourth-order valence-electron chi connectivity index (χ4n) is 3.51. The predicted octanol–water partition coefficient (Wildman–Crippen LogP) is 2.80. The Morgan fingerprint density at radius 2 is 2.04 bits per heavy atom. The summed E-state index contributed by atoms with van der Waals surface area (Å²) in [6, 6.07) is 0. The Kier molecular flexibility index (Phi) is 4.28. The van der Waals surface area contributed by atoms with Crippen molar-refractivity contribution in [3.63, 3.8) is 0 Å². The van der Waals surface area contributed by atoms with Crippen molar-refractivity contribution in [2.24, 2.45) is 5.92 Å². The van der Waals surface area contributed by atoms with Crippen molar-refractivity contribution < 1.29 is 27.4 Å². The molecule has 1 aromatic rings. The summed E-state index contributed by atoms with van der Waals surface area (Å²) in [7, 11) is 0. The number of Topliss-reactive ketones (excluding diaryl/α,β-unsaturated/α-hetero) is 1. The lowest BCUT2D eigenvalue weighted by molar-refractivity contribution is -0.151. The van der Waals surface area contributed by atoms with E-state index in [1.54, 1.807) is 0 Å². The fourth-order valence-corrected chi connectivity index (χ4v) is 4.63. The lowest BCUT2D eigenvalue weighted by atomic mass is 9.87. The molecule has 2 fully saturated rings. The van der Waals surface area contributed by atoms with Crippen LogP contribution in [0.2, 0.25) is 0 Å². The van der Waals surface area contributed by atoms with E-state index in [0.717, 1.165) is 18.2 Å². The van der Waals surface area contributed by atoms with Crippen LogP contribution in [-0.2, 0) is 33.3 Å². The molecular formula is C16H17F3N2O3S. The van der Waals surface area contributed by atoms with E-state index in [1.165, 1.54) is 0 Å². The zero-order valence-corrected chi connectivity index (χ0v) is 14.3. The van der Waals surface area contributed by atoms with E-state index in [4.69, 9.17) is 9.47 Å². The first kappa shape index (κ1) is 17.2. The number of fused-ring (bicyclic) bond motifs is 3. The highest BCUT2D eigenvalue weighted by Crippen LogP contribution is 2.40. The van der Waals surface area contributed by atoms with Gasteiger partial charge in [-0.3, -0.25) is 4.79 Å². The predicted molar refractivity (Wildman–Crippen MR) is 82.1 cm³/mol.